The molecule has 2 N–H and O–H groups in total. The number of anilines is 1. The number of hydrogen-bond acceptors (Lipinski definition) is 4. The number of ether oxygens (including phenoxy) is 1. The van der Waals surface area contributed by atoms with Crippen molar-refractivity contribution in [2.24, 2.45) is 0 Å². The summed E-state index contributed by atoms with van der Waals surface area (Å²) in [5, 5.41) is 5.67. The van der Waals surface area contributed by atoms with Crippen LogP contribution in [0.3, 0.4) is 0 Å². The number of hydrogen-bond donors (Lipinski definition) is 2. The zero-order valence-corrected chi connectivity index (χ0v) is 16.0. The third kappa shape index (κ3) is 6.46. The van der Waals surface area contributed by atoms with Gasteiger partial charge in [-0.3, -0.25) is 14.6 Å². The van der Waals surface area contributed by atoms with Crippen LogP contribution in [0.15, 0.2) is 79.1 Å². The Kier molecular flexibility index (Phi) is 7.34. The summed E-state index contributed by atoms with van der Waals surface area (Å²) < 4.78 is 5.59. The summed E-state index contributed by atoms with van der Waals surface area (Å²) >= 11 is 0. The first-order valence-electron chi connectivity index (χ1n) is 9.46. The van der Waals surface area contributed by atoms with E-state index in [2.05, 4.69) is 15.6 Å². The highest BCUT2D eigenvalue weighted by atomic mass is 16.5. The van der Waals surface area contributed by atoms with E-state index in [9.17, 15) is 9.59 Å². The van der Waals surface area contributed by atoms with Crippen LogP contribution in [-0.4, -0.2) is 23.4 Å². The number of benzene rings is 2. The molecule has 0 unspecified atom stereocenters. The normalized spacial score (nSPS) is 10.2. The van der Waals surface area contributed by atoms with Gasteiger partial charge in [0.2, 0.25) is 5.91 Å². The third-order valence-corrected chi connectivity index (χ3v) is 4.18. The lowest BCUT2D eigenvalue weighted by atomic mass is 10.1. The van der Waals surface area contributed by atoms with E-state index < -0.39 is 0 Å². The molecular weight excluding hydrogens is 366 g/mol. The number of pyridine rings is 1. The van der Waals surface area contributed by atoms with Gasteiger partial charge in [0.15, 0.2) is 0 Å². The summed E-state index contributed by atoms with van der Waals surface area (Å²) in [5.74, 6) is 0.370. The Balaban J connectivity index is 1.48. The quantitative estimate of drug-likeness (QED) is 0.546. The van der Waals surface area contributed by atoms with Crippen molar-refractivity contribution in [1.29, 1.82) is 0 Å². The zero-order chi connectivity index (χ0) is 20.3. The molecule has 2 aromatic carbocycles. The number of carbonyl (C=O) groups is 2. The van der Waals surface area contributed by atoms with Crippen LogP contribution in [0.25, 0.3) is 0 Å². The van der Waals surface area contributed by atoms with Crippen molar-refractivity contribution in [2.75, 3.05) is 11.9 Å². The van der Waals surface area contributed by atoms with Crippen molar-refractivity contribution in [2.45, 2.75) is 19.4 Å². The predicted molar refractivity (Wildman–Crippen MR) is 112 cm³/mol. The number of rotatable bonds is 9. The summed E-state index contributed by atoms with van der Waals surface area (Å²) in [7, 11) is 0. The maximum absolute atomic E-state index is 12.5. The lowest BCUT2D eigenvalue weighted by Gasteiger charge is -2.12. The average molecular weight is 389 g/mol. The standard InChI is InChI=1S/C23H23N3O3/c27-22(13-7-15-29-19-9-2-1-3-10-19)26-21-12-5-4-11-20(21)23(28)25-17-18-8-6-14-24-16-18/h1-6,8-12,14,16H,7,13,15,17H2,(H,25,28)(H,26,27). The van der Waals surface area contributed by atoms with E-state index in [1.165, 1.54) is 0 Å². The number of para-hydroxylation sites is 2. The molecule has 0 aliphatic rings. The van der Waals surface area contributed by atoms with Crippen molar-refractivity contribution in [1.82, 2.24) is 10.3 Å². The Morgan fingerprint density at radius 3 is 2.52 bits per heavy atom. The molecule has 0 spiro atoms. The molecule has 2 amide bonds. The van der Waals surface area contributed by atoms with Gasteiger partial charge in [-0.25, -0.2) is 0 Å². The van der Waals surface area contributed by atoms with Gasteiger partial charge in [-0.15, -0.1) is 0 Å². The topological polar surface area (TPSA) is 80.3 Å². The molecule has 0 fully saturated rings. The molecule has 0 aliphatic heterocycles. The molecule has 0 radical (unpaired) electrons. The first kappa shape index (κ1) is 20.1. The fourth-order valence-corrected chi connectivity index (χ4v) is 2.72. The lowest BCUT2D eigenvalue weighted by molar-refractivity contribution is -0.116. The van der Waals surface area contributed by atoms with Gasteiger partial charge < -0.3 is 15.4 Å². The van der Waals surface area contributed by atoms with Crippen LogP contribution < -0.4 is 15.4 Å². The molecule has 29 heavy (non-hydrogen) atoms. The van der Waals surface area contributed by atoms with E-state index in [1.807, 2.05) is 42.5 Å². The number of amides is 2. The summed E-state index contributed by atoms with van der Waals surface area (Å²) in [4.78, 5) is 28.8. The fourth-order valence-electron chi connectivity index (χ4n) is 2.72. The maximum atomic E-state index is 12.5. The maximum Gasteiger partial charge on any atom is 0.253 e. The highest BCUT2D eigenvalue weighted by Crippen LogP contribution is 2.16. The SMILES string of the molecule is O=C(CCCOc1ccccc1)Nc1ccccc1C(=O)NCc1cccnc1. The molecule has 0 saturated heterocycles. The van der Waals surface area contributed by atoms with Gasteiger partial charge in [-0.1, -0.05) is 36.4 Å². The Labute approximate surface area is 169 Å². The molecule has 1 heterocycles. The van der Waals surface area contributed by atoms with Gasteiger partial charge in [0, 0.05) is 25.4 Å². The summed E-state index contributed by atoms with van der Waals surface area (Å²) in [6, 6.07) is 20.1. The van der Waals surface area contributed by atoms with Crippen molar-refractivity contribution in [3.8, 4) is 5.75 Å². The molecule has 0 saturated carbocycles. The van der Waals surface area contributed by atoms with Crippen LogP contribution in [0.2, 0.25) is 0 Å². The largest absolute Gasteiger partial charge is 0.494 e. The molecule has 1 aromatic heterocycles. The van der Waals surface area contributed by atoms with Gasteiger partial charge in [-0.2, -0.15) is 0 Å². The smallest absolute Gasteiger partial charge is 0.253 e. The van der Waals surface area contributed by atoms with Crippen LogP contribution in [0.5, 0.6) is 5.75 Å². The minimum absolute atomic E-state index is 0.158. The van der Waals surface area contributed by atoms with Gasteiger partial charge >= 0.3 is 0 Å². The van der Waals surface area contributed by atoms with Crippen molar-refractivity contribution >= 4 is 17.5 Å². The van der Waals surface area contributed by atoms with Crippen molar-refractivity contribution in [3.63, 3.8) is 0 Å². The van der Waals surface area contributed by atoms with E-state index in [-0.39, 0.29) is 11.8 Å². The molecule has 3 aromatic rings. The van der Waals surface area contributed by atoms with Gasteiger partial charge in [-0.05, 0) is 42.3 Å². The Hall–Kier alpha value is -3.67. The van der Waals surface area contributed by atoms with E-state index in [4.69, 9.17) is 4.74 Å². The van der Waals surface area contributed by atoms with E-state index >= 15 is 0 Å². The third-order valence-electron chi connectivity index (χ3n) is 4.18. The molecule has 6 heteroatoms. The van der Waals surface area contributed by atoms with Gasteiger partial charge in [0.25, 0.3) is 5.91 Å². The molecule has 0 atom stereocenters. The van der Waals surface area contributed by atoms with Crippen LogP contribution >= 0.6 is 0 Å². The zero-order valence-electron chi connectivity index (χ0n) is 16.0. The van der Waals surface area contributed by atoms with Gasteiger partial charge in [0.1, 0.15) is 5.75 Å². The van der Waals surface area contributed by atoms with Crippen LogP contribution in [0, 0.1) is 0 Å². The molecule has 3 rings (SSSR count). The summed E-state index contributed by atoms with van der Waals surface area (Å²) in [5.41, 5.74) is 1.82. The monoisotopic (exact) mass is 389 g/mol. The second kappa shape index (κ2) is 10.6. The summed E-state index contributed by atoms with van der Waals surface area (Å²) in [6.07, 6.45) is 4.26. The first-order chi connectivity index (χ1) is 14.2. The van der Waals surface area contributed by atoms with Crippen molar-refractivity contribution < 1.29 is 14.3 Å². The second-order valence-electron chi connectivity index (χ2n) is 6.40. The number of nitrogens with one attached hydrogen (secondary N) is 2. The number of nitrogens with zero attached hydrogens (tertiary/aromatic N) is 1. The molecule has 6 nitrogen and oxygen atoms in total. The number of carbonyl (C=O) groups excluding carboxylic acids is 2. The van der Waals surface area contributed by atoms with E-state index in [0.29, 0.717) is 37.2 Å². The molecule has 0 bridgehead atoms. The first-order valence-corrected chi connectivity index (χ1v) is 9.46. The predicted octanol–water partition coefficient (Wildman–Crippen LogP) is 3.81. The Morgan fingerprint density at radius 2 is 1.72 bits per heavy atom. The fraction of sp³-hybridized carbons (Fsp3) is 0.174. The number of aromatic nitrogens is 1. The minimum Gasteiger partial charge on any atom is -0.494 e. The molecular formula is C23H23N3O3. The summed E-state index contributed by atoms with van der Waals surface area (Å²) in [6.45, 7) is 0.816. The van der Waals surface area contributed by atoms with Crippen LogP contribution in [0.4, 0.5) is 5.69 Å². The van der Waals surface area contributed by atoms with Crippen molar-refractivity contribution in [3.05, 3.63) is 90.3 Å². The highest BCUT2D eigenvalue weighted by Gasteiger charge is 2.13. The van der Waals surface area contributed by atoms with Crippen LogP contribution in [-0.2, 0) is 11.3 Å². The van der Waals surface area contributed by atoms with Gasteiger partial charge in [0.05, 0.1) is 17.9 Å². The lowest BCUT2D eigenvalue weighted by Crippen LogP contribution is -2.25. The van der Waals surface area contributed by atoms with Crippen LogP contribution in [0.1, 0.15) is 28.8 Å². The van der Waals surface area contributed by atoms with E-state index in [1.54, 1.807) is 36.7 Å². The molecule has 0 aliphatic carbocycles. The average Bonchev–Trinajstić information content (AvgIpc) is 2.77. The van der Waals surface area contributed by atoms with E-state index in [0.717, 1.165) is 11.3 Å². The Morgan fingerprint density at radius 1 is 0.931 bits per heavy atom. The minimum atomic E-state index is -0.253. The highest BCUT2D eigenvalue weighted by molar-refractivity contribution is 6.03. The Bertz CT molecular complexity index is 930. The second-order valence-corrected chi connectivity index (χ2v) is 6.40. The molecule has 148 valence electrons.